The van der Waals surface area contributed by atoms with Crippen LogP contribution in [0.15, 0.2) is 0 Å². The Morgan fingerprint density at radius 3 is 1.23 bits per heavy atom. The van der Waals surface area contributed by atoms with Gasteiger partial charge in [-0.2, -0.15) is 0 Å². The van der Waals surface area contributed by atoms with Crippen LogP contribution in [0.2, 0.25) is 0 Å². The normalized spacial score (nSPS) is 5.77. The van der Waals surface area contributed by atoms with Gasteiger partial charge in [-0.25, -0.2) is 0 Å². The van der Waals surface area contributed by atoms with Crippen LogP contribution in [0, 0.1) is 0 Å². The van der Waals surface area contributed by atoms with Gasteiger partial charge in [0.25, 0.3) is 0 Å². The van der Waals surface area contributed by atoms with Gasteiger partial charge in [-0.3, -0.25) is 0 Å². The van der Waals surface area contributed by atoms with Crippen molar-refractivity contribution < 1.29 is 60.5 Å². The molecule has 5 nitrogen and oxygen atoms in total. The number of hydrogen-bond donors (Lipinski definition) is 2. The molecule has 0 saturated heterocycles. The molecule has 0 heterocycles. The Labute approximate surface area is 108 Å². The topological polar surface area (TPSA) is 97.7 Å². The van der Waals surface area contributed by atoms with Crippen molar-refractivity contribution in [2.75, 3.05) is 25.0 Å². The number of hydrogen-bond acceptors (Lipinski definition) is 5. The average molecular weight is 305 g/mol. The summed E-state index contributed by atoms with van der Waals surface area (Å²) in [5.74, 6) is 0.694. The Morgan fingerprint density at radius 1 is 1.15 bits per heavy atom. The first-order chi connectivity index (χ1) is 6.24. The molecule has 78 valence electrons. The van der Waals surface area contributed by atoms with Gasteiger partial charge in [-0.05, 0) is 0 Å². The molecule has 9 heteroatoms. The summed E-state index contributed by atoms with van der Waals surface area (Å²) in [4.78, 5) is 0. The molecule has 2 N–H and O–H groups in total. The van der Waals surface area contributed by atoms with Gasteiger partial charge in [-0.1, -0.05) is 0 Å². The molecular weight excluding hydrogens is 295 g/mol. The Bertz CT molecular complexity index is 62.5. The van der Waals surface area contributed by atoms with Gasteiger partial charge in [-0.15, -0.1) is 23.2 Å². The molecule has 0 amide bonds. The van der Waals surface area contributed by atoms with E-state index < -0.39 is 19.5 Å². The second-order valence-corrected chi connectivity index (χ2v) is 1.92. The van der Waals surface area contributed by atoms with Crippen molar-refractivity contribution in [2.24, 2.45) is 0 Å². The molecule has 0 fully saturated rings. The zero-order valence-electron chi connectivity index (χ0n) is 6.70. The summed E-state index contributed by atoms with van der Waals surface area (Å²) in [6.45, 7) is 0.170. The van der Waals surface area contributed by atoms with Gasteiger partial charge in [0.15, 0.2) is 0 Å². The van der Waals surface area contributed by atoms with Crippen LogP contribution < -0.4 is 3.69 Å². The maximum absolute atomic E-state index is 8.50. The quantitative estimate of drug-likeness (QED) is 0.504. The van der Waals surface area contributed by atoms with E-state index >= 15 is 0 Å². The van der Waals surface area contributed by atoms with Crippen LogP contribution in [0.4, 0.5) is 0 Å². The molecule has 0 atom stereocenters. The van der Waals surface area contributed by atoms with Crippen molar-refractivity contribution >= 4 is 23.2 Å². The van der Waals surface area contributed by atoms with Crippen molar-refractivity contribution in [3.63, 3.8) is 0 Å². The van der Waals surface area contributed by atoms with Gasteiger partial charge in [0, 0.05) is 11.8 Å². The summed E-state index contributed by atoms with van der Waals surface area (Å²) in [6.07, 6.45) is 0. The van der Waals surface area contributed by atoms with Crippen LogP contribution in [-0.4, -0.2) is 35.2 Å². The predicted octanol–water partition coefficient (Wildman–Crippen LogP) is -0.997. The predicted molar refractivity (Wildman–Crippen MR) is 37.0 cm³/mol. The zero-order valence-corrected chi connectivity index (χ0v) is 11.3. The minimum absolute atomic E-state index is 0.0849. The first-order valence-corrected chi connectivity index (χ1v) is 5.76. The number of alkyl halides is 2. The second kappa shape index (κ2) is 50.0. The molecule has 13 heavy (non-hydrogen) atoms. The average Bonchev–Trinajstić information content (AvgIpc) is 2.22. The molecule has 0 aromatic rings. The molecule has 0 radical (unpaired) electrons. The summed E-state index contributed by atoms with van der Waals surface area (Å²) in [5.41, 5.74) is 0. The van der Waals surface area contributed by atoms with Gasteiger partial charge in [0.1, 0.15) is 0 Å². The fourth-order valence-electron chi connectivity index (χ4n) is 0. The van der Waals surface area contributed by atoms with E-state index in [-0.39, 0.29) is 13.2 Å². The third-order valence-electron chi connectivity index (χ3n) is 0.169. The van der Waals surface area contributed by atoms with Crippen molar-refractivity contribution in [3.05, 3.63) is 0 Å². The Morgan fingerprint density at radius 2 is 1.23 bits per heavy atom. The van der Waals surface area contributed by atoms with E-state index in [2.05, 4.69) is 0 Å². The van der Waals surface area contributed by atoms with E-state index in [1.165, 1.54) is 0 Å². The number of halogens is 2. The Hall–Kier alpha value is 1.49. The molecule has 0 aliphatic carbocycles. The molecule has 0 aromatic heterocycles. The number of aliphatic hydroxyl groups excluding tert-OH is 2. The molecule has 0 saturated carbocycles. The molecule has 0 rings (SSSR count). The van der Waals surface area contributed by atoms with E-state index in [0.717, 1.165) is 20.4 Å². The van der Waals surface area contributed by atoms with Crippen LogP contribution in [0.3, 0.4) is 0 Å². The van der Waals surface area contributed by atoms with Crippen LogP contribution >= 0.6 is 23.2 Å². The molecule has 0 aliphatic rings. The van der Waals surface area contributed by atoms with Crippen molar-refractivity contribution in [3.8, 4) is 0 Å². The molecule has 0 spiro atoms. The van der Waals surface area contributed by atoms with Crippen LogP contribution in [-0.2, 0) is 46.6 Å². The molecule has 0 bridgehead atoms. The van der Waals surface area contributed by atoms with Gasteiger partial charge >= 0.3 is 50.3 Å². The summed E-state index contributed by atoms with van der Waals surface area (Å²) in [7, 11) is 0. The van der Waals surface area contributed by atoms with E-state index in [9.17, 15) is 0 Å². The number of rotatable bonds is 2. The summed E-state index contributed by atoms with van der Waals surface area (Å²) in [6, 6.07) is 0. The van der Waals surface area contributed by atoms with Gasteiger partial charge in [0.05, 0.1) is 13.2 Å². The van der Waals surface area contributed by atoms with E-state index in [1.54, 1.807) is 0 Å². The Kier molecular flexibility index (Phi) is 92.1. The first-order valence-electron chi connectivity index (χ1n) is 2.78. The Balaban J connectivity index is -0.0000000431. The summed E-state index contributed by atoms with van der Waals surface area (Å²) >= 11 is 8.62. The zero-order chi connectivity index (χ0) is 11.5. The number of aliphatic hydroxyl groups is 2. The van der Waals surface area contributed by atoms with Gasteiger partial charge in [0.2, 0.25) is 0 Å². The molecular formula is C4H10Cl2O5Ti2. The van der Waals surface area contributed by atoms with Crippen LogP contribution in [0.25, 0.3) is 0 Å². The van der Waals surface area contributed by atoms with E-state index in [1.807, 2.05) is 0 Å². The fourth-order valence-corrected chi connectivity index (χ4v) is 0. The second-order valence-electron chi connectivity index (χ2n) is 0.909. The summed E-state index contributed by atoms with van der Waals surface area (Å²) < 4.78 is 25.2. The third-order valence-corrected chi connectivity index (χ3v) is 0.507. The third kappa shape index (κ3) is 146. The van der Waals surface area contributed by atoms with Crippen LogP contribution in [0.5, 0.6) is 0 Å². The van der Waals surface area contributed by atoms with Crippen molar-refractivity contribution in [1.29, 1.82) is 0 Å². The maximum atomic E-state index is 8.50. The van der Waals surface area contributed by atoms with Crippen molar-refractivity contribution in [2.45, 2.75) is 0 Å². The molecule has 0 aromatic carbocycles. The molecule has 0 unspecified atom stereocenters. The first kappa shape index (κ1) is 24.0. The fraction of sp³-hybridized carbons (Fsp3) is 1.00. The van der Waals surface area contributed by atoms with Crippen molar-refractivity contribution in [1.82, 2.24) is 0 Å². The van der Waals surface area contributed by atoms with E-state index in [0.29, 0.717) is 11.8 Å². The minimum atomic E-state index is -2.00. The standard InChI is InChI=1S/2C2H5ClO.3O.2Ti/c2*3-1-2-4;;;;;/h2*4H,1-2H2;;;;;/q;;;;-1;;+1. The van der Waals surface area contributed by atoms with E-state index in [4.69, 9.17) is 43.8 Å². The monoisotopic (exact) mass is 304 g/mol. The SMILES string of the molecule is OCCCl.OCCCl.[O]=[Ti+].[O]=[Ti][O-]. The van der Waals surface area contributed by atoms with Gasteiger partial charge < -0.3 is 10.2 Å². The molecule has 0 aliphatic heterocycles. The van der Waals surface area contributed by atoms with Crippen LogP contribution in [0.1, 0.15) is 0 Å². The summed E-state index contributed by atoms with van der Waals surface area (Å²) in [5, 5.41) is 15.5.